The summed E-state index contributed by atoms with van der Waals surface area (Å²) in [7, 11) is -2.33. The minimum Gasteiger partial charge on any atom is -0.402 e. The van der Waals surface area contributed by atoms with Gasteiger partial charge in [0.15, 0.2) is 0 Å². The lowest BCUT2D eigenvalue weighted by Crippen LogP contribution is -2.62. The molecule has 2 aliphatic rings. The summed E-state index contributed by atoms with van der Waals surface area (Å²) in [5.41, 5.74) is 8.26. The molecule has 0 unspecified atom stereocenters. The SMILES string of the molecule is Cc1cc(C)c([Si]2(c3c(C)cc(C)cc3C)C[C@H]3CO[C@H](C)[C@H]3O2)c(C)c1. The van der Waals surface area contributed by atoms with Gasteiger partial charge >= 0.3 is 0 Å². The van der Waals surface area contributed by atoms with Crippen molar-refractivity contribution in [3.05, 3.63) is 57.6 Å². The van der Waals surface area contributed by atoms with Crippen molar-refractivity contribution in [2.24, 2.45) is 5.92 Å². The number of fused-ring (bicyclic) bond motifs is 1. The molecule has 3 heteroatoms. The van der Waals surface area contributed by atoms with Gasteiger partial charge in [-0.05, 0) is 87.1 Å². The van der Waals surface area contributed by atoms with E-state index in [2.05, 4.69) is 72.7 Å². The molecule has 0 aromatic heterocycles. The molecule has 2 aliphatic heterocycles. The predicted molar refractivity (Wildman–Crippen MR) is 115 cm³/mol. The van der Waals surface area contributed by atoms with Crippen LogP contribution < -0.4 is 10.4 Å². The van der Waals surface area contributed by atoms with Crippen LogP contribution in [0.2, 0.25) is 6.04 Å². The molecule has 3 atom stereocenters. The lowest BCUT2D eigenvalue weighted by Gasteiger charge is -2.35. The third-order valence-corrected chi connectivity index (χ3v) is 11.5. The van der Waals surface area contributed by atoms with E-state index in [9.17, 15) is 0 Å². The fourth-order valence-electron chi connectivity index (χ4n) is 5.95. The van der Waals surface area contributed by atoms with Crippen molar-refractivity contribution >= 4 is 18.7 Å². The summed E-state index contributed by atoms with van der Waals surface area (Å²) in [6.07, 6.45) is 0.429. The average molecular weight is 381 g/mol. The second-order valence-corrected chi connectivity index (χ2v) is 12.3. The van der Waals surface area contributed by atoms with Crippen molar-refractivity contribution in [1.29, 1.82) is 0 Å². The fraction of sp³-hybridized carbons (Fsp3) is 0.500. The van der Waals surface area contributed by atoms with Crippen molar-refractivity contribution in [3.8, 4) is 0 Å². The Balaban J connectivity index is 1.99. The molecule has 0 saturated carbocycles. The first-order valence-corrected chi connectivity index (χ1v) is 12.3. The first-order valence-electron chi connectivity index (χ1n) is 10.2. The second-order valence-electron chi connectivity index (χ2n) is 8.96. The Kier molecular flexibility index (Phi) is 4.61. The van der Waals surface area contributed by atoms with Crippen LogP contribution in [0.1, 0.15) is 40.3 Å². The quantitative estimate of drug-likeness (QED) is 0.733. The number of aryl methyl sites for hydroxylation is 6. The third-order valence-electron chi connectivity index (χ3n) is 6.55. The normalized spacial score (nSPS) is 26.4. The van der Waals surface area contributed by atoms with Gasteiger partial charge in [0, 0.05) is 5.92 Å². The molecule has 0 N–H and O–H groups in total. The van der Waals surface area contributed by atoms with Crippen LogP contribution in [-0.2, 0) is 9.16 Å². The highest BCUT2D eigenvalue weighted by molar-refractivity contribution is 6.99. The molecule has 144 valence electrons. The molecule has 2 heterocycles. The zero-order valence-electron chi connectivity index (χ0n) is 17.8. The Hall–Kier alpha value is -1.42. The van der Waals surface area contributed by atoms with Crippen molar-refractivity contribution < 1.29 is 9.16 Å². The molecule has 2 aromatic carbocycles. The molecular weight excluding hydrogens is 348 g/mol. The van der Waals surface area contributed by atoms with Crippen molar-refractivity contribution in [1.82, 2.24) is 0 Å². The summed E-state index contributed by atoms with van der Waals surface area (Å²) < 4.78 is 13.1. The van der Waals surface area contributed by atoms with Gasteiger partial charge in [0.05, 0.1) is 18.8 Å². The lowest BCUT2D eigenvalue weighted by molar-refractivity contribution is 0.0675. The number of hydrogen-bond donors (Lipinski definition) is 0. The van der Waals surface area contributed by atoms with E-state index < -0.39 is 8.32 Å². The Labute approximate surface area is 165 Å². The Morgan fingerprint density at radius 1 is 0.778 bits per heavy atom. The molecule has 4 rings (SSSR count). The largest absolute Gasteiger partial charge is 0.402 e. The molecule has 27 heavy (non-hydrogen) atoms. The van der Waals surface area contributed by atoms with E-state index in [4.69, 9.17) is 9.16 Å². The Morgan fingerprint density at radius 2 is 1.22 bits per heavy atom. The molecule has 2 nitrogen and oxygen atoms in total. The van der Waals surface area contributed by atoms with Crippen LogP contribution in [0, 0.1) is 47.5 Å². The lowest BCUT2D eigenvalue weighted by atomic mass is 10.1. The molecule has 0 amide bonds. The summed E-state index contributed by atoms with van der Waals surface area (Å²) in [5.74, 6) is 0.520. The first-order chi connectivity index (χ1) is 12.7. The highest BCUT2D eigenvalue weighted by Crippen LogP contribution is 2.41. The second kappa shape index (κ2) is 6.58. The highest BCUT2D eigenvalue weighted by Gasteiger charge is 2.57. The van der Waals surface area contributed by atoms with Crippen molar-refractivity contribution in [2.45, 2.75) is 66.7 Å². The van der Waals surface area contributed by atoms with Crippen LogP contribution in [0.15, 0.2) is 24.3 Å². The maximum absolute atomic E-state index is 7.17. The highest BCUT2D eigenvalue weighted by atomic mass is 28.4. The van der Waals surface area contributed by atoms with Gasteiger partial charge in [-0.25, -0.2) is 0 Å². The van der Waals surface area contributed by atoms with Gasteiger partial charge in [-0.2, -0.15) is 0 Å². The molecule has 2 saturated heterocycles. The Morgan fingerprint density at radius 3 is 1.63 bits per heavy atom. The van der Waals surface area contributed by atoms with Gasteiger partial charge in [0.25, 0.3) is 8.32 Å². The number of benzene rings is 2. The zero-order valence-corrected chi connectivity index (χ0v) is 18.8. The molecule has 0 aliphatic carbocycles. The van der Waals surface area contributed by atoms with Gasteiger partial charge in [-0.1, -0.05) is 35.4 Å². The van der Waals surface area contributed by atoms with Crippen molar-refractivity contribution in [2.75, 3.05) is 6.61 Å². The van der Waals surface area contributed by atoms with Crippen LogP contribution in [0.4, 0.5) is 0 Å². The summed E-state index contributed by atoms with van der Waals surface area (Å²) in [6, 6.07) is 10.5. The van der Waals surface area contributed by atoms with Gasteiger partial charge in [0.1, 0.15) is 0 Å². The van der Waals surface area contributed by atoms with Crippen molar-refractivity contribution in [3.63, 3.8) is 0 Å². The van der Waals surface area contributed by atoms with Gasteiger partial charge in [0.2, 0.25) is 0 Å². The number of rotatable bonds is 2. The van der Waals surface area contributed by atoms with Crippen LogP contribution in [0.3, 0.4) is 0 Å². The molecule has 0 spiro atoms. The molecular formula is C24H32O2Si. The van der Waals surface area contributed by atoms with Crippen LogP contribution >= 0.6 is 0 Å². The average Bonchev–Trinajstić information content (AvgIpc) is 3.05. The standard InChI is InChI=1S/C24H32O2Si/c1-14-8-16(3)23(17(4)9-14)27(13-21-12-25-20(7)22(21)26-27)24-18(5)10-15(2)11-19(24)6/h8-11,20-22H,12-13H2,1-7H3/t20-,21-,22-/m1/s1. The maximum Gasteiger partial charge on any atom is 0.257 e. The van der Waals surface area contributed by atoms with Gasteiger partial charge < -0.3 is 9.16 Å². The molecule has 0 radical (unpaired) electrons. The molecule has 2 aromatic rings. The summed E-state index contributed by atoms with van der Waals surface area (Å²) in [5, 5.41) is 3.01. The van der Waals surface area contributed by atoms with Crippen LogP contribution in [0.5, 0.6) is 0 Å². The van der Waals surface area contributed by atoms with E-state index >= 15 is 0 Å². The fourth-order valence-corrected chi connectivity index (χ4v) is 11.7. The number of ether oxygens (including phenoxy) is 1. The van der Waals surface area contributed by atoms with Gasteiger partial charge in [-0.15, -0.1) is 0 Å². The monoisotopic (exact) mass is 380 g/mol. The summed E-state index contributed by atoms with van der Waals surface area (Å²) in [6.45, 7) is 16.5. The van der Waals surface area contributed by atoms with E-state index in [1.54, 1.807) is 0 Å². The summed E-state index contributed by atoms with van der Waals surface area (Å²) >= 11 is 0. The molecule has 0 bridgehead atoms. The Bertz CT molecular complexity index is 798. The third kappa shape index (κ3) is 2.91. The summed E-state index contributed by atoms with van der Waals surface area (Å²) in [4.78, 5) is 0. The van der Waals surface area contributed by atoms with E-state index in [-0.39, 0.29) is 12.2 Å². The minimum atomic E-state index is -2.33. The van der Waals surface area contributed by atoms with E-state index in [1.807, 2.05) is 0 Å². The zero-order chi connectivity index (χ0) is 19.5. The van der Waals surface area contributed by atoms with E-state index in [0.717, 1.165) is 12.7 Å². The van der Waals surface area contributed by atoms with E-state index in [0.29, 0.717) is 5.92 Å². The maximum atomic E-state index is 7.17. The first kappa shape index (κ1) is 18.9. The van der Waals surface area contributed by atoms with E-state index in [1.165, 1.54) is 43.8 Å². The molecule has 2 fully saturated rings. The smallest absolute Gasteiger partial charge is 0.257 e. The van der Waals surface area contributed by atoms with Gasteiger partial charge in [-0.3, -0.25) is 0 Å². The number of hydrogen-bond acceptors (Lipinski definition) is 2. The predicted octanol–water partition coefficient (Wildman–Crippen LogP) is 4.03. The van der Waals surface area contributed by atoms with Crippen LogP contribution in [0.25, 0.3) is 0 Å². The topological polar surface area (TPSA) is 18.5 Å². The van der Waals surface area contributed by atoms with Crippen LogP contribution in [-0.4, -0.2) is 27.1 Å². The minimum absolute atomic E-state index is 0.196.